The van der Waals surface area contributed by atoms with E-state index in [-0.39, 0.29) is 18.6 Å². The molecule has 1 atom stereocenters. The summed E-state index contributed by atoms with van der Waals surface area (Å²) in [5.41, 5.74) is 3.00. The van der Waals surface area contributed by atoms with E-state index in [2.05, 4.69) is 22.0 Å². The summed E-state index contributed by atoms with van der Waals surface area (Å²) in [5, 5.41) is 9.74. The minimum absolute atomic E-state index is 0.0936. The van der Waals surface area contributed by atoms with Gasteiger partial charge in [0, 0.05) is 12.1 Å². The maximum absolute atomic E-state index is 12.7. The van der Waals surface area contributed by atoms with Crippen LogP contribution in [0.25, 0.3) is 0 Å². The molecule has 0 saturated heterocycles. The minimum atomic E-state index is -0.314. The van der Waals surface area contributed by atoms with Gasteiger partial charge in [0.25, 0.3) is 5.91 Å². The van der Waals surface area contributed by atoms with Crippen molar-refractivity contribution in [2.45, 2.75) is 19.4 Å². The number of nitrogens with zero attached hydrogens (tertiary/aromatic N) is 1. The number of hydrogen-bond acceptors (Lipinski definition) is 3. The van der Waals surface area contributed by atoms with Crippen LogP contribution in [0.2, 0.25) is 0 Å². The topological polar surface area (TPSA) is 53.7 Å². The lowest BCUT2D eigenvalue weighted by molar-refractivity contribution is 0.0535. The number of carbonyl (C=O) groups excluding carboxylic acids is 1. The molecule has 21 heavy (non-hydrogen) atoms. The van der Waals surface area contributed by atoms with Gasteiger partial charge in [0.05, 0.1) is 12.6 Å². The van der Waals surface area contributed by atoms with Crippen LogP contribution in [-0.4, -0.2) is 29.1 Å². The lowest BCUT2D eigenvalue weighted by Gasteiger charge is -2.36. The molecule has 4 nitrogen and oxygen atoms in total. The molecular weight excluding hydrogens is 334 g/mol. The van der Waals surface area contributed by atoms with Crippen LogP contribution in [0.3, 0.4) is 0 Å². The highest BCUT2D eigenvalue weighted by molar-refractivity contribution is 9.10. The van der Waals surface area contributed by atoms with E-state index < -0.39 is 0 Å². The van der Waals surface area contributed by atoms with Crippen molar-refractivity contribution in [1.29, 1.82) is 0 Å². The fourth-order valence-electron chi connectivity index (χ4n) is 2.88. The fourth-order valence-corrected chi connectivity index (χ4v) is 3.38. The number of furan rings is 1. The predicted octanol–water partition coefficient (Wildman–Crippen LogP) is 3.08. The molecule has 3 rings (SSSR count). The zero-order chi connectivity index (χ0) is 15.0. The summed E-state index contributed by atoms with van der Waals surface area (Å²) < 4.78 is 6.00. The van der Waals surface area contributed by atoms with Gasteiger partial charge in [-0.1, -0.05) is 24.3 Å². The number of fused-ring (bicyclic) bond motifs is 1. The third-order valence-corrected chi connectivity index (χ3v) is 4.32. The van der Waals surface area contributed by atoms with Crippen LogP contribution >= 0.6 is 15.9 Å². The van der Waals surface area contributed by atoms with E-state index >= 15 is 0 Å². The van der Waals surface area contributed by atoms with Crippen LogP contribution in [0.15, 0.2) is 39.4 Å². The SMILES string of the molecule is Cc1cc(Br)oc1C(=O)N1CCc2ccccc2C1CO. The fraction of sp³-hybridized carbons (Fsp3) is 0.312. The molecule has 1 aliphatic heterocycles. The Hall–Kier alpha value is -1.59. The Balaban J connectivity index is 1.96. The predicted molar refractivity (Wildman–Crippen MR) is 82.2 cm³/mol. The number of aliphatic hydroxyl groups excluding tert-OH is 1. The summed E-state index contributed by atoms with van der Waals surface area (Å²) in [6.45, 7) is 2.33. The Morgan fingerprint density at radius 1 is 1.48 bits per heavy atom. The number of hydrogen-bond donors (Lipinski definition) is 1. The molecule has 1 aromatic carbocycles. The lowest BCUT2D eigenvalue weighted by Crippen LogP contribution is -2.41. The third-order valence-electron chi connectivity index (χ3n) is 3.93. The van der Waals surface area contributed by atoms with E-state index in [4.69, 9.17) is 4.42 Å². The Bertz CT molecular complexity index is 680. The summed E-state index contributed by atoms with van der Waals surface area (Å²) in [5.74, 6) is 0.159. The van der Waals surface area contributed by atoms with Crippen LogP contribution in [0.4, 0.5) is 0 Å². The summed E-state index contributed by atoms with van der Waals surface area (Å²) >= 11 is 3.25. The van der Waals surface area contributed by atoms with Gasteiger partial charge in [-0.3, -0.25) is 4.79 Å². The summed E-state index contributed by atoms with van der Waals surface area (Å²) in [6, 6.07) is 9.41. The summed E-state index contributed by atoms with van der Waals surface area (Å²) in [6.07, 6.45) is 0.791. The first-order valence-corrected chi connectivity index (χ1v) is 7.66. The molecule has 2 heterocycles. The maximum Gasteiger partial charge on any atom is 0.290 e. The molecule has 0 fully saturated rings. The van der Waals surface area contributed by atoms with E-state index in [1.807, 2.05) is 25.1 Å². The van der Waals surface area contributed by atoms with Gasteiger partial charge >= 0.3 is 0 Å². The highest BCUT2D eigenvalue weighted by Gasteiger charge is 2.32. The lowest BCUT2D eigenvalue weighted by atomic mass is 9.92. The molecule has 0 bridgehead atoms. The van der Waals surface area contributed by atoms with Gasteiger partial charge in [0.1, 0.15) is 0 Å². The summed E-state index contributed by atoms with van der Waals surface area (Å²) in [7, 11) is 0. The standard InChI is InChI=1S/C16H16BrNO3/c1-10-8-14(17)21-15(10)16(20)18-7-6-11-4-2-3-5-12(11)13(18)9-19/h2-5,8,13,19H,6-7,9H2,1H3. The molecule has 1 unspecified atom stereocenters. The molecule has 1 N–H and O–H groups in total. The Morgan fingerprint density at radius 2 is 2.24 bits per heavy atom. The average molecular weight is 350 g/mol. The number of aryl methyl sites for hydroxylation is 1. The van der Waals surface area contributed by atoms with Gasteiger partial charge in [0.2, 0.25) is 0 Å². The van der Waals surface area contributed by atoms with Crippen molar-refractivity contribution in [1.82, 2.24) is 4.90 Å². The second-order valence-electron chi connectivity index (χ2n) is 5.21. The molecule has 0 radical (unpaired) electrons. The highest BCUT2D eigenvalue weighted by atomic mass is 79.9. The van der Waals surface area contributed by atoms with Crippen LogP contribution < -0.4 is 0 Å². The Kier molecular flexibility index (Phi) is 3.87. The van der Waals surface area contributed by atoms with E-state index in [0.29, 0.717) is 17.0 Å². The van der Waals surface area contributed by atoms with Gasteiger partial charge < -0.3 is 14.4 Å². The van der Waals surface area contributed by atoms with E-state index in [9.17, 15) is 9.90 Å². The molecule has 1 aromatic heterocycles. The van der Waals surface area contributed by atoms with Gasteiger partial charge in [-0.25, -0.2) is 0 Å². The van der Waals surface area contributed by atoms with Crippen molar-refractivity contribution in [3.63, 3.8) is 0 Å². The number of benzene rings is 1. The second-order valence-corrected chi connectivity index (χ2v) is 5.99. The van der Waals surface area contributed by atoms with Crippen LogP contribution in [0.5, 0.6) is 0 Å². The minimum Gasteiger partial charge on any atom is -0.444 e. The zero-order valence-electron chi connectivity index (χ0n) is 11.7. The van der Waals surface area contributed by atoms with E-state index in [1.54, 1.807) is 11.0 Å². The first kappa shape index (κ1) is 14.4. The number of halogens is 1. The number of rotatable bonds is 2. The molecule has 0 saturated carbocycles. The Morgan fingerprint density at radius 3 is 2.90 bits per heavy atom. The quantitative estimate of drug-likeness (QED) is 0.906. The molecular formula is C16H16BrNO3. The molecule has 1 aliphatic rings. The summed E-state index contributed by atoms with van der Waals surface area (Å²) in [4.78, 5) is 14.4. The maximum atomic E-state index is 12.7. The van der Waals surface area contributed by atoms with Crippen molar-refractivity contribution >= 4 is 21.8 Å². The highest BCUT2D eigenvalue weighted by Crippen LogP contribution is 2.31. The molecule has 1 amide bonds. The van der Waals surface area contributed by atoms with Crippen LogP contribution in [0.1, 0.15) is 33.3 Å². The van der Waals surface area contributed by atoms with E-state index in [0.717, 1.165) is 17.5 Å². The van der Waals surface area contributed by atoms with Crippen molar-refractivity contribution in [2.75, 3.05) is 13.2 Å². The number of carbonyl (C=O) groups is 1. The van der Waals surface area contributed by atoms with Crippen molar-refractivity contribution in [3.8, 4) is 0 Å². The van der Waals surface area contributed by atoms with Crippen molar-refractivity contribution in [2.24, 2.45) is 0 Å². The van der Waals surface area contributed by atoms with Crippen molar-refractivity contribution in [3.05, 3.63) is 57.5 Å². The van der Waals surface area contributed by atoms with Gasteiger partial charge in [-0.15, -0.1) is 0 Å². The smallest absolute Gasteiger partial charge is 0.290 e. The third kappa shape index (κ3) is 2.51. The number of amides is 1. The Labute approximate surface area is 131 Å². The van der Waals surface area contributed by atoms with Crippen molar-refractivity contribution < 1.29 is 14.3 Å². The van der Waals surface area contributed by atoms with E-state index in [1.165, 1.54) is 5.56 Å². The molecule has 0 spiro atoms. The van der Waals surface area contributed by atoms with Gasteiger partial charge in [-0.05, 0) is 46.5 Å². The first-order valence-electron chi connectivity index (χ1n) is 6.87. The van der Waals surface area contributed by atoms with Gasteiger partial charge in [0.15, 0.2) is 10.4 Å². The average Bonchev–Trinajstić information content (AvgIpc) is 2.84. The second kappa shape index (κ2) is 5.66. The molecule has 5 heteroatoms. The van der Waals surface area contributed by atoms with Crippen LogP contribution in [-0.2, 0) is 6.42 Å². The number of aliphatic hydroxyl groups is 1. The normalized spacial score (nSPS) is 17.7. The largest absolute Gasteiger partial charge is 0.444 e. The van der Waals surface area contributed by atoms with Crippen LogP contribution in [0, 0.1) is 6.92 Å². The molecule has 110 valence electrons. The van der Waals surface area contributed by atoms with Gasteiger partial charge in [-0.2, -0.15) is 0 Å². The first-order chi connectivity index (χ1) is 10.1. The monoisotopic (exact) mass is 349 g/mol. The zero-order valence-corrected chi connectivity index (χ0v) is 13.3. The molecule has 0 aliphatic carbocycles. The molecule has 2 aromatic rings.